The van der Waals surface area contributed by atoms with E-state index >= 15 is 0 Å². The highest BCUT2D eigenvalue weighted by Gasteiger charge is 2.24. The molecule has 2 nitrogen and oxygen atoms in total. The summed E-state index contributed by atoms with van der Waals surface area (Å²) in [5.41, 5.74) is 0.0725. The van der Waals surface area contributed by atoms with Crippen LogP contribution in [0.4, 0.5) is 0 Å². The molecule has 1 fully saturated rings. The van der Waals surface area contributed by atoms with Gasteiger partial charge in [-0.15, -0.1) is 0 Å². The molecule has 90 valence electrons. The Morgan fingerprint density at radius 3 is 2.33 bits per heavy atom. The Morgan fingerprint density at radius 1 is 1.27 bits per heavy atom. The van der Waals surface area contributed by atoms with Crippen molar-refractivity contribution in [3.05, 3.63) is 0 Å². The van der Waals surface area contributed by atoms with Gasteiger partial charge in [0, 0.05) is 24.6 Å². The molecule has 0 spiro atoms. The molecule has 1 saturated carbocycles. The van der Waals surface area contributed by atoms with E-state index in [2.05, 4.69) is 26.1 Å². The molecule has 0 aliphatic heterocycles. The Labute approximate surface area is 94.5 Å². The molecule has 1 aliphatic carbocycles. The minimum absolute atomic E-state index is 0.0725. The third kappa shape index (κ3) is 4.12. The number of hydrogen-bond acceptors (Lipinski definition) is 2. The lowest BCUT2D eigenvalue weighted by molar-refractivity contribution is 0.127. The van der Waals surface area contributed by atoms with Crippen LogP contribution in [0.2, 0.25) is 0 Å². The molecule has 0 saturated heterocycles. The monoisotopic (exact) mass is 213 g/mol. The van der Waals surface area contributed by atoms with Gasteiger partial charge in [-0.1, -0.05) is 20.8 Å². The Morgan fingerprint density at radius 2 is 1.87 bits per heavy atom. The molecule has 0 bridgehead atoms. The van der Waals surface area contributed by atoms with Gasteiger partial charge in [-0.25, -0.2) is 0 Å². The highest BCUT2D eigenvalue weighted by molar-refractivity contribution is 4.80. The first-order valence-corrected chi connectivity index (χ1v) is 6.44. The van der Waals surface area contributed by atoms with Crippen LogP contribution in [0.3, 0.4) is 0 Å². The Hall–Kier alpha value is -0.0800. The summed E-state index contributed by atoms with van der Waals surface area (Å²) in [5.74, 6) is 0.915. The van der Waals surface area contributed by atoms with Crippen LogP contribution in [-0.2, 0) is 0 Å². The van der Waals surface area contributed by atoms with Crippen molar-refractivity contribution in [2.24, 2.45) is 11.3 Å². The van der Waals surface area contributed by atoms with Crippen molar-refractivity contribution in [1.82, 2.24) is 5.32 Å². The van der Waals surface area contributed by atoms with Crippen LogP contribution in [0.25, 0.3) is 0 Å². The molecule has 0 aromatic carbocycles. The first-order valence-electron chi connectivity index (χ1n) is 6.44. The number of rotatable bonds is 5. The summed E-state index contributed by atoms with van der Waals surface area (Å²) in [5, 5.41) is 12.9. The fourth-order valence-electron chi connectivity index (χ4n) is 2.15. The lowest BCUT2D eigenvalue weighted by Gasteiger charge is -2.32. The molecule has 15 heavy (non-hydrogen) atoms. The van der Waals surface area contributed by atoms with Gasteiger partial charge in [0.15, 0.2) is 0 Å². The number of aliphatic hydroxyl groups is 1. The molecule has 2 heteroatoms. The van der Waals surface area contributed by atoms with Crippen LogP contribution in [0.1, 0.15) is 52.9 Å². The number of hydrogen-bond donors (Lipinski definition) is 2. The average Bonchev–Trinajstić information content (AvgIpc) is 2.28. The fourth-order valence-corrected chi connectivity index (χ4v) is 2.15. The van der Waals surface area contributed by atoms with Crippen molar-refractivity contribution in [1.29, 1.82) is 0 Å². The quantitative estimate of drug-likeness (QED) is 0.735. The summed E-state index contributed by atoms with van der Waals surface area (Å²) >= 11 is 0. The summed E-state index contributed by atoms with van der Waals surface area (Å²) < 4.78 is 0. The van der Waals surface area contributed by atoms with Crippen LogP contribution in [0.5, 0.6) is 0 Å². The minimum atomic E-state index is 0.0725. The summed E-state index contributed by atoms with van der Waals surface area (Å²) in [6, 6.07) is 0.693. The predicted octanol–water partition coefficient (Wildman–Crippen LogP) is 2.56. The zero-order valence-corrected chi connectivity index (χ0v) is 10.6. The van der Waals surface area contributed by atoms with Crippen molar-refractivity contribution in [3.8, 4) is 0 Å². The Kier molecular flexibility index (Phi) is 5.07. The Bertz CT molecular complexity index is 169. The third-order valence-corrected chi connectivity index (χ3v) is 4.07. The molecule has 0 aromatic heterocycles. The van der Waals surface area contributed by atoms with E-state index in [-0.39, 0.29) is 5.41 Å². The van der Waals surface area contributed by atoms with Crippen molar-refractivity contribution < 1.29 is 5.11 Å². The van der Waals surface area contributed by atoms with Crippen molar-refractivity contribution in [2.45, 2.75) is 58.9 Å². The van der Waals surface area contributed by atoms with Gasteiger partial charge in [0.05, 0.1) is 0 Å². The second kappa shape index (κ2) is 5.86. The minimum Gasteiger partial charge on any atom is -0.396 e. The van der Waals surface area contributed by atoms with Gasteiger partial charge in [-0.2, -0.15) is 0 Å². The molecule has 0 amide bonds. The van der Waals surface area contributed by atoms with E-state index in [0.29, 0.717) is 12.6 Å². The van der Waals surface area contributed by atoms with Crippen LogP contribution in [0, 0.1) is 11.3 Å². The summed E-state index contributed by atoms with van der Waals surface area (Å²) in [4.78, 5) is 0. The van der Waals surface area contributed by atoms with E-state index in [1.165, 1.54) is 25.7 Å². The van der Waals surface area contributed by atoms with Crippen molar-refractivity contribution in [2.75, 3.05) is 13.2 Å². The second-order valence-corrected chi connectivity index (χ2v) is 5.66. The fraction of sp³-hybridized carbons (Fsp3) is 1.00. The largest absolute Gasteiger partial charge is 0.396 e. The standard InChI is InChI=1S/C13H27NO/c1-4-13(3,10-15)9-14-12-7-5-11(2)6-8-12/h11-12,14-15H,4-10H2,1-3H3. The maximum atomic E-state index is 9.32. The Balaban J connectivity index is 2.24. The molecule has 1 atom stereocenters. The summed E-state index contributed by atoms with van der Waals surface area (Å²) in [6.45, 7) is 7.91. The van der Waals surface area contributed by atoms with Gasteiger partial charge in [0.2, 0.25) is 0 Å². The van der Waals surface area contributed by atoms with E-state index in [1.807, 2.05) is 0 Å². The average molecular weight is 213 g/mol. The van der Waals surface area contributed by atoms with Crippen LogP contribution < -0.4 is 5.32 Å². The van der Waals surface area contributed by atoms with Crippen LogP contribution in [0.15, 0.2) is 0 Å². The summed E-state index contributed by atoms with van der Waals surface area (Å²) in [6.07, 6.45) is 6.39. The topological polar surface area (TPSA) is 32.3 Å². The van der Waals surface area contributed by atoms with E-state index in [9.17, 15) is 5.11 Å². The second-order valence-electron chi connectivity index (χ2n) is 5.66. The van der Waals surface area contributed by atoms with Crippen molar-refractivity contribution in [3.63, 3.8) is 0 Å². The molecular weight excluding hydrogens is 186 g/mol. The van der Waals surface area contributed by atoms with Gasteiger partial charge in [-0.05, 0) is 38.0 Å². The maximum Gasteiger partial charge on any atom is 0.0496 e. The predicted molar refractivity (Wildman–Crippen MR) is 64.9 cm³/mol. The highest BCUT2D eigenvalue weighted by atomic mass is 16.3. The maximum absolute atomic E-state index is 9.32. The normalized spacial score (nSPS) is 31.2. The van der Waals surface area contributed by atoms with Gasteiger partial charge >= 0.3 is 0 Å². The van der Waals surface area contributed by atoms with E-state index < -0.39 is 0 Å². The summed E-state index contributed by atoms with van der Waals surface area (Å²) in [7, 11) is 0. The zero-order chi connectivity index (χ0) is 11.3. The van der Waals surface area contributed by atoms with Crippen molar-refractivity contribution >= 4 is 0 Å². The smallest absolute Gasteiger partial charge is 0.0496 e. The zero-order valence-electron chi connectivity index (χ0n) is 10.6. The number of nitrogens with one attached hydrogen (secondary N) is 1. The SMILES string of the molecule is CCC(C)(CO)CNC1CCC(C)CC1. The molecule has 2 N–H and O–H groups in total. The van der Waals surface area contributed by atoms with E-state index in [0.717, 1.165) is 18.9 Å². The molecule has 0 heterocycles. The molecule has 0 radical (unpaired) electrons. The molecule has 1 unspecified atom stereocenters. The molecular formula is C13H27NO. The highest BCUT2D eigenvalue weighted by Crippen LogP contribution is 2.25. The lowest BCUT2D eigenvalue weighted by Crippen LogP contribution is -2.41. The van der Waals surface area contributed by atoms with E-state index in [4.69, 9.17) is 0 Å². The van der Waals surface area contributed by atoms with Gasteiger partial charge in [0.1, 0.15) is 0 Å². The molecule has 0 aromatic rings. The first kappa shape index (κ1) is 13.0. The van der Waals surface area contributed by atoms with Gasteiger partial charge in [-0.3, -0.25) is 0 Å². The van der Waals surface area contributed by atoms with E-state index in [1.54, 1.807) is 0 Å². The van der Waals surface area contributed by atoms with Gasteiger partial charge in [0.25, 0.3) is 0 Å². The third-order valence-electron chi connectivity index (χ3n) is 4.07. The van der Waals surface area contributed by atoms with Crippen LogP contribution >= 0.6 is 0 Å². The number of aliphatic hydroxyl groups excluding tert-OH is 1. The lowest BCUT2D eigenvalue weighted by atomic mass is 9.85. The van der Waals surface area contributed by atoms with Gasteiger partial charge < -0.3 is 10.4 Å². The molecule has 1 aliphatic rings. The van der Waals surface area contributed by atoms with Crippen LogP contribution in [-0.4, -0.2) is 24.3 Å². The molecule has 1 rings (SSSR count). The first-order chi connectivity index (χ1) is 7.09.